The Morgan fingerprint density at radius 1 is 0.464 bits per heavy atom. The molecule has 2 aliphatic heterocycles. The van der Waals surface area contributed by atoms with Gasteiger partial charge >= 0.3 is 17.9 Å². The number of benzene rings is 4. The Kier molecular flexibility index (Phi) is 37.8. The van der Waals surface area contributed by atoms with Crippen molar-refractivity contribution in [2.24, 2.45) is 9.98 Å². The van der Waals surface area contributed by atoms with Gasteiger partial charge in [-0.1, -0.05) is 255 Å². The number of para-hydroxylation sites is 2. The normalized spacial score (nSPS) is 13.8. The topological polar surface area (TPSA) is 291 Å². The number of unbranched alkanes of at least 4 members (excludes halogenated alkanes) is 30. The molecule has 2 amide bonds. The van der Waals surface area contributed by atoms with Crippen molar-refractivity contribution in [1.82, 2.24) is 27.7 Å². The van der Waals surface area contributed by atoms with E-state index in [0.717, 1.165) is 92.8 Å². The summed E-state index contributed by atoms with van der Waals surface area (Å²) in [6.45, 7) is 8.86. The zero-order valence-electron chi connectivity index (χ0n) is 65.9. The minimum Gasteiger partial charge on any atom is -0.495 e. The number of nitrogens with zero attached hydrogens (tertiary/aromatic N) is 8. The number of imidazole rings is 2. The fourth-order valence-electron chi connectivity index (χ4n) is 13.7. The van der Waals surface area contributed by atoms with Crippen molar-refractivity contribution in [1.29, 1.82) is 0 Å². The summed E-state index contributed by atoms with van der Waals surface area (Å²) in [5, 5.41) is 6.10. The van der Waals surface area contributed by atoms with Crippen LogP contribution >= 0.6 is 11.6 Å². The van der Waals surface area contributed by atoms with Crippen LogP contribution < -0.4 is 20.1 Å². The number of amides is 2. The zero-order chi connectivity index (χ0) is 79.3. The lowest BCUT2D eigenvalue weighted by Crippen LogP contribution is -2.48. The quantitative estimate of drug-likeness (QED) is 0.0204. The van der Waals surface area contributed by atoms with Crippen molar-refractivity contribution in [2.45, 2.75) is 261 Å². The molecule has 0 fully saturated rings. The Bertz CT molecular complexity index is 4220. The van der Waals surface area contributed by atoms with Crippen molar-refractivity contribution < 1.29 is 64.5 Å². The number of carbonyl (C=O) groups is 5. The van der Waals surface area contributed by atoms with Gasteiger partial charge in [0.2, 0.25) is 0 Å². The summed E-state index contributed by atoms with van der Waals surface area (Å²) in [4.78, 5) is 85.5. The number of anilines is 2. The number of carbonyl (C=O) groups excluding carboxylic acids is 5. The Morgan fingerprint density at radius 2 is 0.882 bits per heavy atom. The van der Waals surface area contributed by atoms with E-state index >= 15 is 0 Å². The summed E-state index contributed by atoms with van der Waals surface area (Å²) < 4.78 is 88.4. The van der Waals surface area contributed by atoms with Gasteiger partial charge in [-0.2, -0.15) is 0 Å². The molecule has 110 heavy (non-hydrogen) atoms. The van der Waals surface area contributed by atoms with E-state index in [2.05, 4.69) is 34.4 Å². The van der Waals surface area contributed by atoms with Crippen molar-refractivity contribution in [2.75, 3.05) is 58.8 Å². The van der Waals surface area contributed by atoms with Crippen molar-refractivity contribution in [3.63, 3.8) is 0 Å². The Hall–Kier alpha value is -8.62. The van der Waals surface area contributed by atoms with Gasteiger partial charge in [-0.25, -0.2) is 51.2 Å². The van der Waals surface area contributed by atoms with Crippen LogP contribution in [0.1, 0.15) is 282 Å². The molecule has 2 aliphatic rings. The second-order valence-electron chi connectivity index (χ2n) is 28.1. The second-order valence-corrected chi connectivity index (χ2v) is 32.2. The maximum atomic E-state index is 14.8. The monoisotopic (exact) mass is 1580 g/mol. The van der Waals surface area contributed by atoms with Crippen LogP contribution in [0, 0.1) is 6.92 Å². The number of aryl methyl sites for hydroxylation is 1. The summed E-state index contributed by atoms with van der Waals surface area (Å²) in [7, 11) is -3.38. The molecule has 24 nitrogen and oxygen atoms in total. The van der Waals surface area contributed by atoms with Crippen LogP contribution in [0.5, 0.6) is 11.5 Å². The number of amidine groups is 2. The largest absolute Gasteiger partial charge is 0.495 e. The molecule has 2 N–H and O–H groups in total. The Balaban J connectivity index is 0.000000308. The molecule has 0 aliphatic carbocycles. The Morgan fingerprint density at radius 3 is 1.33 bits per heavy atom. The number of hydrogen-bond donors (Lipinski definition) is 2. The fourth-order valence-corrected chi connectivity index (χ4v) is 17.1. The third-order valence-corrected chi connectivity index (χ3v) is 23.6. The minimum atomic E-state index is -4.24. The van der Waals surface area contributed by atoms with E-state index in [1.54, 1.807) is 60.7 Å². The molecule has 2 atom stereocenters. The highest BCUT2D eigenvalue weighted by Crippen LogP contribution is 2.40. The molecular weight excluding hydrogens is 1460 g/mol. The number of ether oxygens (including phenoxy) is 5. The highest BCUT2D eigenvalue weighted by Gasteiger charge is 2.45. The number of methoxy groups -OCH3 is 4. The van der Waals surface area contributed by atoms with Gasteiger partial charge < -0.3 is 43.5 Å². The van der Waals surface area contributed by atoms with E-state index in [1.807, 2.05) is 19.9 Å². The predicted molar refractivity (Wildman–Crippen MR) is 433 cm³/mol. The summed E-state index contributed by atoms with van der Waals surface area (Å²) in [6, 6.07) is 19.9. The number of aromatic nitrogens is 4. The summed E-state index contributed by atoms with van der Waals surface area (Å²) in [5.41, 5.74) is 0.938. The number of halogens is 1. The first-order valence-corrected chi connectivity index (χ1v) is 43.0. The van der Waals surface area contributed by atoms with Crippen LogP contribution in [0.4, 0.5) is 22.7 Å². The van der Waals surface area contributed by atoms with E-state index in [9.17, 15) is 40.8 Å². The molecule has 0 bridgehead atoms. The Labute approximate surface area is 657 Å². The molecule has 4 heterocycles. The lowest BCUT2D eigenvalue weighted by Gasteiger charge is -2.34. The van der Waals surface area contributed by atoms with Gasteiger partial charge in [0.1, 0.15) is 21.3 Å². The first kappa shape index (κ1) is 88.6. The van der Waals surface area contributed by atoms with Gasteiger partial charge in [0.15, 0.2) is 40.8 Å². The highest BCUT2D eigenvalue weighted by molar-refractivity contribution is 7.90. The molecule has 4 aromatic carbocycles. The van der Waals surface area contributed by atoms with E-state index in [1.165, 1.54) is 195 Å². The average molecular weight is 1580 g/mol. The number of hydrogen-bond acceptors (Lipinski definition) is 18. The number of nitrogens with one attached hydrogen (secondary N) is 2. The molecule has 602 valence electrons. The van der Waals surface area contributed by atoms with E-state index < -0.39 is 73.2 Å². The smallest absolute Gasteiger partial charge is 0.359 e. The van der Waals surface area contributed by atoms with E-state index in [0.29, 0.717) is 41.7 Å². The number of rotatable bonds is 49. The van der Waals surface area contributed by atoms with Crippen LogP contribution in [-0.2, 0) is 43.8 Å². The van der Waals surface area contributed by atoms with Gasteiger partial charge in [-0.15, -0.1) is 0 Å². The number of aliphatic imine (C=N–C) groups is 2. The first-order chi connectivity index (χ1) is 53.3. The van der Waals surface area contributed by atoms with Crippen molar-refractivity contribution in [3.8, 4) is 11.5 Å². The molecule has 8 rings (SSSR count). The molecule has 27 heteroatoms. The molecule has 2 aromatic heterocycles. The second kappa shape index (κ2) is 46.9. The van der Waals surface area contributed by atoms with E-state index in [-0.39, 0.29) is 57.3 Å². The first-order valence-electron chi connectivity index (χ1n) is 39.7. The zero-order valence-corrected chi connectivity index (χ0v) is 68.3. The lowest BCUT2D eigenvalue weighted by molar-refractivity contribution is -0.118. The van der Waals surface area contributed by atoms with Gasteiger partial charge in [0.05, 0.1) is 70.5 Å². The molecule has 0 saturated carbocycles. The molecule has 0 saturated heterocycles. The van der Waals surface area contributed by atoms with Crippen LogP contribution in [0.15, 0.2) is 124 Å². The van der Waals surface area contributed by atoms with Crippen LogP contribution in [0.25, 0.3) is 0 Å². The number of sulfonamides is 2. The third kappa shape index (κ3) is 25.7. The molecule has 0 radical (unpaired) electrons. The van der Waals surface area contributed by atoms with Crippen molar-refractivity contribution in [3.05, 3.63) is 131 Å². The third-order valence-electron chi connectivity index (χ3n) is 19.7. The van der Waals surface area contributed by atoms with Crippen LogP contribution in [-0.4, -0.2) is 134 Å². The SMILES string of the molecule is CCCCCCCCCCCCCCCCCCN1C(C(C(=O)Nc2cc(C)ccc2OCCC)n2cnc(C(=O)OC)c2C(=O)OC)=Nc2ccccc2S1(=O)=O.CCCCCCCCCCCCCCCCCCN1C(C(C(=O)Nc2cc(Cl)ccc2OC)n2cnc(C(=O)OC)c2)=Nc2ccccc2S1(=O)=O. The predicted octanol–water partition coefficient (Wildman–Crippen LogP) is 19.2. The highest BCUT2D eigenvalue weighted by atomic mass is 35.5. The van der Waals surface area contributed by atoms with Crippen LogP contribution in [0.3, 0.4) is 0 Å². The number of esters is 3. The molecule has 0 spiro atoms. The van der Waals surface area contributed by atoms with E-state index in [4.69, 9.17) is 45.3 Å². The van der Waals surface area contributed by atoms with Crippen LogP contribution in [0.2, 0.25) is 5.02 Å². The maximum Gasteiger partial charge on any atom is 0.359 e. The maximum absolute atomic E-state index is 14.8. The number of fused-ring (bicyclic) bond motifs is 2. The lowest BCUT2D eigenvalue weighted by atomic mass is 10.0. The molecule has 6 aromatic rings. The minimum absolute atomic E-state index is 0.00240. The van der Waals surface area contributed by atoms with Gasteiger partial charge in [0.25, 0.3) is 31.9 Å². The summed E-state index contributed by atoms with van der Waals surface area (Å²) in [5.74, 6) is -3.46. The van der Waals surface area contributed by atoms with Gasteiger partial charge in [-0.05, 0) is 86.3 Å². The molecular formula is C83H117ClN10O14S2. The van der Waals surface area contributed by atoms with Gasteiger partial charge in [-0.3, -0.25) is 18.2 Å². The fraction of sp³-hybridized carbons (Fsp3) is 0.554. The standard InChI is InChI=1S/C44H63N5O8S.C39H54ClN5O6S/c1-6-8-9-10-11-12-13-14-15-16-17-18-19-20-21-24-29-49-41(46-34-25-22-23-26-37(34)58(49,53)54)40(48-32-45-38(43(51)55-4)39(48)44(52)56-5)42(50)47-35-31-33(3)27-28-36(35)57-30-7-2;1-4-5-6-7-8-9-10-11-12-13-14-15-16-17-18-21-26-45-37(42-31-22-19-20-23-35(31)52(45,48)49)36(44-28-33(41-29-44)39(47)51-3)38(46)43-32-27-30(40)24-25-34(32)50-2/h22-23,25-28,31-32,40H,6-21,24,29-30H2,1-5H3,(H,47,50);19-20,22-25,27-29,36H,4-18,21,26H2,1-3H3,(H,43,46). The van der Waals surface area contributed by atoms with Gasteiger partial charge in [0, 0.05) is 24.3 Å². The van der Waals surface area contributed by atoms with Crippen molar-refractivity contribution >= 4 is 95.8 Å². The summed E-state index contributed by atoms with van der Waals surface area (Å²) in [6.07, 6.45) is 42.4. The molecule has 2 unspecified atom stereocenters. The summed E-state index contributed by atoms with van der Waals surface area (Å²) >= 11 is 6.25. The average Bonchev–Trinajstić information content (AvgIpc) is 1.10.